The lowest BCUT2D eigenvalue weighted by molar-refractivity contribution is -0.123. The van der Waals surface area contributed by atoms with Crippen molar-refractivity contribution < 1.29 is 19.8 Å². The normalized spacial score (nSPS) is 17.7. The van der Waals surface area contributed by atoms with Crippen molar-refractivity contribution in [3.8, 4) is 5.75 Å². The summed E-state index contributed by atoms with van der Waals surface area (Å²) in [4.78, 5) is 27.2. The maximum atomic E-state index is 13.0. The predicted molar refractivity (Wildman–Crippen MR) is 98.9 cm³/mol. The molecule has 0 radical (unpaired) electrons. The average Bonchev–Trinajstić information content (AvgIpc) is 2.86. The molecular weight excluding hydrogens is 330 g/mol. The van der Waals surface area contributed by atoms with Gasteiger partial charge in [0.2, 0.25) is 0 Å². The standard InChI is InChI=1S/C21H21NO4/c1-21(2,3)19(25)16-17(13-9-11-15(23)12-10-13)22(20(26)18(16)24)14-7-5-4-6-8-14/h4-12,17,23-24H,1-3H3. The zero-order valence-corrected chi connectivity index (χ0v) is 14.9. The summed E-state index contributed by atoms with van der Waals surface area (Å²) in [6.45, 7) is 5.25. The van der Waals surface area contributed by atoms with Crippen LogP contribution in [0.25, 0.3) is 0 Å². The Labute approximate surface area is 152 Å². The first-order chi connectivity index (χ1) is 12.2. The van der Waals surface area contributed by atoms with Gasteiger partial charge in [0.05, 0.1) is 11.6 Å². The Bertz CT molecular complexity index is 876. The smallest absolute Gasteiger partial charge is 0.294 e. The van der Waals surface area contributed by atoms with E-state index in [4.69, 9.17) is 0 Å². The Morgan fingerprint density at radius 1 is 0.962 bits per heavy atom. The van der Waals surface area contributed by atoms with Crippen LogP contribution in [0.5, 0.6) is 5.75 Å². The number of benzene rings is 2. The molecule has 5 nitrogen and oxygen atoms in total. The van der Waals surface area contributed by atoms with Crippen molar-refractivity contribution in [3.63, 3.8) is 0 Å². The molecular formula is C21H21NO4. The van der Waals surface area contributed by atoms with Crippen LogP contribution in [0.2, 0.25) is 0 Å². The largest absolute Gasteiger partial charge is 0.508 e. The van der Waals surface area contributed by atoms with Crippen molar-refractivity contribution in [1.82, 2.24) is 0 Å². The molecule has 2 aromatic rings. The number of hydrogen-bond acceptors (Lipinski definition) is 4. The van der Waals surface area contributed by atoms with E-state index in [9.17, 15) is 19.8 Å². The Morgan fingerprint density at radius 2 is 1.54 bits per heavy atom. The summed E-state index contributed by atoms with van der Waals surface area (Å²) in [6, 6.07) is 14.5. The van der Waals surface area contributed by atoms with Gasteiger partial charge in [-0.1, -0.05) is 51.1 Å². The highest BCUT2D eigenvalue weighted by Crippen LogP contribution is 2.43. The Hall–Kier alpha value is -3.08. The van der Waals surface area contributed by atoms with Gasteiger partial charge in [0.25, 0.3) is 5.91 Å². The molecule has 1 heterocycles. The molecule has 1 unspecified atom stereocenters. The van der Waals surface area contributed by atoms with Gasteiger partial charge in [-0.2, -0.15) is 0 Å². The van der Waals surface area contributed by atoms with Crippen LogP contribution in [0.15, 0.2) is 65.9 Å². The van der Waals surface area contributed by atoms with Gasteiger partial charge in [0.15, 0.2) is 11.5 Å². The molecule has 0 aromatic heterocycles. The summed E-state index contributed by atoms with van der Waals surface area (Å²) in [5, 5.41) is 20.1. The summed E-state index contributed by atoms with van der Waals surface area (Å²) in [5.74, 6) is -1.34. The third kappa shape index (κ3) is 2.96. The number of amides is 1. The average molecular weight is 351 g/mol. The van der Waals surface area contributed by atoms with Crippen molar-refractivity contribution in [2.45, 2.75) is 26.8 Å². The summed E-state index contributed by atoms with van der Waals surface area (Å²) in [6.07, 6.45) is 0. The van der Waals surface area contributed by atoms with Gasteiger partial charge in [-0.05, 0) is 29.8 Å². The molecule has 134 valence electrons. The lowest BCUT2D eigenvalue weighted by Gasteiger charge is -2.29. The number of rotatable bonds is 3. The van der Waals surface area contributed by atoms with Crippen LogP contribution in [0.4, 0.5) is 5.69 Å². The molecule has 1 aliphatic heterocycles. The zero-order chi connectivity index (χ0) is 19.1. The number of carbonyl (C=O) groups is 2. The Balaban J connectivity index is 2.20. The number of aromatic hydroxyl groups is 1. The number of anilines is 1. The van der Waals surface area contributed by atoms with E-state index in [0.717, 1.165) is 0 Å². The molecule has 0 bridgehead atoms. The van der Waals surface area contributed by atoms with Gasteiger partial charge < -0.3 is 10.2 Å². The Kier molecular flexibility index (Phi) is 4.32. The Morgan fingerprint density at radius 3 is 2.08 bits per heavy atom. The van der Waals surface area contributed by atoms with E-state index >= 15 is 0 Å². The van der Waals surface area contributed by atoms with E-state index in [1.807, 2.05) is 6.07 Å². The van der Waals surface area contributed by atoms with Gasteiger partial charge in [0, 0.05) is 11.1 Å². The maximum absolute atomic E-state index is 13.0. The summed E-state index contributed by atoms with van der Waals surface area (Å²) < 4.78 is 0. The number of para-hydroxylation sites is 1. The van der Waals surface area contributed by atoms with Crippen molar-refractivity contribution in [2.24, 2.45) is 5.41 Å². The number of nitrogens with zero attached hydrogens (tertiary/aromatic N) is 1. The lowest BCUT2D eigenvalue weighted by atomic mass is 9.82. The van der Waals surface area contributed by atoms with Gasteiger partial charge in [-0.15, -0.1) is 0 Å². The molecule has 1 amide bonds. The van der Waals surface area contributed by atoms with Crippen molar-refractivity contribution in [1.29, 1.82) is 0 Å². The van der Waals surface area contributed by atoms with E-state index in [1.54, 1.807) is 57.2 Å². The molecule has 1 aliphatic rings. The minimum Gasteiger partial charge on any atom is -0.508 e. The number of hydrogen-bond donors (Lipinski definition) is 2. The molecule has 1 atom stereocenters. The molecule has 2 N–H and O–H groups in total. The van der Waals surface area contributed by atoms with Gasteiger partial charge in [-0.3, -0.25) is 14.5 Å². The molecule has 0 saturated carbocycles. The maximum Gasteiger partial charge on any atom is 0.294 e. The van der Waals surface area contributed by atoms with Gasteiger partial charge >= 0.3 is 0 Å². The van der Waals surface area contributed by atoms with Crippen LogP contribution in [-0.2, 0) is 9.59 Å². The minimum atomic E-state index is -0.758. The van der Waals surface area contributed by atoms with E-state index in [2.05, 4.69) is 0 Å². The van der Waals surface area contributed by atoms with E-state index < -0.39 is 23.1 Å². The highest BCUT2D eigenvalue weighted by atomic mass is 16.3. The lowest BCUT2D eigenvalue weighted by Crippen LogP contribution is -2.32. The number of ketones is 1. The van der Waals surface area contributed by atoms with Crippen LogP contribution in [0.1, 0.15) is 32.4 Å². The summed E-state index contributed by atoms with van der Waals surface area (Å²) >= 11 is 0. The predicted octanol–water partition coefficient (Wildman–Crippen LogP) is 3.91. The second-order valence-electron chi connectivity index (χ2n) is 7.35. The van der Waals surface area contributed by atoms with Gasteiger partial charge in [-0.25, -0.2) is 0 Å². The summed E-state index contributed by atoms with van der Waals surface area (Å²) in [5.41, 5.74) is 0.540. The second-order valence-corrected chi connectivity index (χ2v) is 7.35. The van der Waals surface area contributed by atoms with E-state index in [0.29, 0.717) is 11.3 Å². The highest BCUT2D eigenvalue weighted by molar-refractivity contribution is 6.17. The first kappa shape index (κ1) is 17.7. The molecule has 0 saturated heterocycles. The molecule has 0 aliphatic carbocycles. The zero-order valence-electron chi connectivity index (χ0n) is 14.9. The van der Waals surface area contributed by atoms with Crippen molar-refractivity contribution in [3.05, 3.63) is 71.5 Å². The molecule has 3 rings (SSSR count). The van der Waals surface area contributed by atoms with Crippen molar-refractivity contribution >= 4 is 17.4 Å². The minimum absolute atomic E-state index is 0.0806. The fraction of sp³-hybridized carbons (Fsp3) is 0.238. The van der Waals surface area contributed by atoms with Crippen LogP contribution >= 0.6 is 0 Å². The van der Waals surface area contributed by atoms with E-state index in [-0.39, 0.29) is 17.1 Å². The number of aliphatic hydroxyl groups excluding tert-OH is 1. The first-order valence-corrected chi connectivity index (χ1v) is 8.37. The monoisotopic (exact) mass is 351 g/mol. The summed E-state index contributed by atoms with van der Waals surface area (Å²) in [7, 11) is 0. The highest BCUT2D eigenvalue weighted by Gasteiger charge is 2.46. The van der Waals surface area contributed by atoms with Crippen LogP contribution in [0, 0.1) is 5.41 Å². The van der Waals surface area contributed by atoms with Crippen molar-refractivity contribution in [2.75, 3.05) is 4.90 Å². The first-order valence-electron chi connectivity index (χ1n) is 8.37. The fourth-order valence-electron chi connectivity index (χ4n) is 3.07. The quantitative estimate of drug-likeness (QED) is 0.879. The number of Topliss-reactive ketones (excluding diaryl/α,β-unsaturated/α-hetero) is 1. The number of phenols is 1. The van der Waals surface area contributed by atoms with E-state index in [1.165, 1.54) is 17.0 Å². The third-order valence-electron chi connectivity index (χ3n) is 4.38. The topological polar surface area (TPSA) is 77.8 Å². The number of carbonyl (C=O) groups excluding carboxylic acids is 2. The molecule has 5 heteroatoms. The SMILES string of the molecule is CC(C)(C)C(=O)C1=C(O)C(=O)N(c2ccccc2)C1c1ccc(O)cc1. The molecule has 0 spiro atoms. The van der Waals surface area contributed by atoms with Crippen LogP contribution in [0.3, 0.4) is 0 Å². The van der Waals surface area contributed by atoms with Crippen LogP contribution < -0.4 is 4.90 Å². The molecule has 2 aromatic carbocycles. The van der Waals surface area contributed by atoms with Gasteiger partial charge in [0.1, 0.15) is 5.75 Å². The molecule has 0 fully saturated rings. The molecule has 26 heavy (non-hydrogen) atoms. The fourth-order valence-corrected chi connectivity index (χ4v) is 3.07. The van der Waals surface area contributed by atoms with Crippen LogP contribution in [-0.4, -0.2) is 21.9 Å². The number of aliphatic hydroxyl groups is 1. The second kappa shape index (κ2) is 6.33. The third-order valence-corrected chi connectivity index (χ3v) is 4.38. The number of phenolic OH excluding ortho intramolecular Hbond substituents is 1.